The van der Waals surface area contributed by atoms with Gasteiger partial charge in [0.15, 0.2) is 0 Å². The largest absolute Gasteiger partial charge is 0.420 e. The molecule has 1 N–H and O–H groups in total. The van der Waals surface area contributed by atoms with Gasteiger partial charge in [0.05, 0.1) is 15.1 Å². The molecule has 0 spiro atoms. The molecule has 1 saturated heterocycles. The van der Waals surface area contributed by atoms with E-state index in [4.69, 9.17) is 39.3 Å². The molecule has 0 aromatic heterocycles. The fourth-order valence-corrected chi connectivity index (χ4v) is 5.31. The van der Waals surface area contributed by atoms with E-state index in [1.54, 1.807) is 7.05 Å². The SMILES string of the molecule is CNP(=O)(Oc1cc(Cl)c(Cl)cc1Cl)N1CCN(c2ccccc2C)CC1. The summed E-state index contributed by atoms with van der Waals surface area (Å²) in [6.07, 6.45) is 0. The minimum atomic E-state index is -3.32. The van der Waals surface area contributed by atoms with E-state index in [-0.39, 0.29) is 10.8 Å². The Hall–Kier alpha value is -0.940. The number of piperazine rings is 1. The van der Waals surface area contributed by atoms with Crippen LogP contribution in [0.2, 0.25) is 15.1 Å². The Morgan fingerprint density at radius 1 is 1.00 bits per heavy atom. The second kappa shape index (κ2) is 8.60. The Morgan fingerprint density at radius 3 is 2.26 bits per heavy atom. The standard InChI is InChI=1S/C18H21Cl3N3O2P/c1-13-5-3-4-6-17(13)23-7-9-24(10-8-23)27(25,22-2)26-18-12-15(20)14(19)11-16(18)21/h3-6,11-12H,7-10H2,1-2H3,(H,22,25). The maximum Gasteiger partial charge on any atom is 0.393 e. The first-order valence-corrected chi connectivity index (χ1v) is 11.2. The lowest BCUT2D eigenvalue weighted by atomic mass is 10.1. The zero-order valence-corrected chi connectivity index (χ0v) is 18.2. The van der Waals surface area contributed by atoms with Gasteiger partial charge >= 0.3 is 7.67 Å². The van der Waals surface area contributed by atoms with Crippen molar-refractivity contribution >= 4 is 48.2 Å². The predicted octanol–water partition coefficient (Wildman–Crippen LogP) is 5.48. The Morgan fingerprint density at radius 2 is 1.63 bits per heavy atom. The molecule has 0 radical (unpaired) electrons. The highest BCUT2D eigenvalue weighted by molar-refractivity contribution is 7.54. The zero-order chi connectivity index (χ0) is 19.6. The molecule has 5 nitrogen and oxygen atoms in total. The van der Waals surface area contributed by atoms with Crippen LogP contribution in [0.15, 0.2) is 36.4 Å². The molecule has 1 aliphatic heterocycles. The van der Waals surface area contributed by atoms with Crippen molar-refractivity contribution < 1.29 is 9.09 Å². The highest BCUT2D eigenvalue weighted by Gasteiger charge is 2.35. The number of rotatable bonds is 5. The van der Waals surface area contributed by atoms with Crippen molar-refractivity contribution in [1.29, 1.82) is 0 Å². The maximum atomic E-state index is 13.4. The molecule has 146 valence electrons. The van der Waals surface area contributed by atoms with Crippen LogP contribution in [-0.4, -0.2) is 37.9 Å². The quantitative estimate of drug-likeness (QED) is 0.484. The summed E-state index contributed by atoms with van der Waals surface area (Å²) >= 11 is 18.2. The fourth-order valence-electron chi connectivity index (χ4n) is 3.07. The zero-order valence-electron chi connectivity index (χ0n) is 15.1. The summed E-state index contributed by atoms with van der Waals surface area (Å²) in [7, 11) is -1.71. The van der Waals surface area contributed by atoms with E-state index in [0.717, 1.165) is 13.1 Å². The van der Waals surface area contributed by atoms with Crippen LogP contribution >= 0.6 is 42.5 Å². The number of hydrogen-bond acceptors (Lipinski definition) is 3. The molecule has 0 aliphatic carbocycles. The number of nitrogens with zero attached hydrogens (tertiary/aromatic N) is 2. The highest BCUT2D eigenvalue weighted by Crippen LogP contribution is 2.49. The second-order valence-corrected chi connectivity index (χ2v) is 9.72. The van der Waals surface area contributed by atoms with Gasteiger partial charge in [-0.25, -0.2) is 14.3 Å². The van der Waals surface area contributed by atoms with Gasteiger partial charge in [-0.1, -0.05) is 53.0 Å². The lowest BCUT2D eigenvalue weighted by Crippen LogP contribution is -2.47. The molecule has 0 saturated carbocycles. The third-order valence-electron chi connectivity index (χ3n) is 4.56. The van der Waals surface area contributed by atoms with Crippen molar-refractivity contribution in [2.45, 2.75) is 6.92 Å². The summed E-state index contributed by atoms with van der Waals surface area (Å²) in [5, 5.41) is 3.71. The lowest BCUT2D eigenvalue weighted by Gasteiger charge is -2.39. The molecule has 27 heavy (non-hydrogen) atoms. The molecule has 1 heterocycles. The van der Waals surface area contributed by atoms with E-state index in [1.165, 1.54) is 23.4 Å². The monoisotopic (exact) mass is 447 g/mol. The van der Waals surface area contributed by atoms with Crippen LogP contribution < -0.4 is 14.5 Å². The van der Waals surface area contributed by atoms with Crippen molar-refractivity contribution in [1.82, 2.24) is 9.76 Å². The van der Waals surface area contributed by atoms with Gasteiger partial charge in [-0.3, -0.25) is 0 Å². The number of para-hydroxylation sites is 1. The second-order valence-electron chi connectivity index (χ2n) is 6.26. The van der Waals surface area contributed by atoms with Crippen molar-refractivity contribution in [2.75, 3.05) is 38.1 Å². The number of aryl methyl sites for hydroxylation is 1. The summed E-state index contributed by atoms with van der Waals surface area (Å²) in [6, 6.07) is 11.2. The molecule has 0 bridgehead atoms. The Kier molecular flexibility index (Phi) is 6.62. The molecule has 1 fully saturated rings. The van der Waals surface area contributed by atoms with Gasteiger partial charge in [-0.2, -0.15) is 0 Å². The number of halogens is 3. The number of anilines is 1. The minimum absolute atomic E-state index is 0.241. The Balaban J connectivity index is 1.74. The van der Waals surface area contributed by atoms with Crippen molar-refractivity contribution in [2.24, 2.45) is 0 Å². The summed E-state index contributed by atoms with van der Waals surface area (Å²) < 4.78 is 21.0. The van der Waals surface area contributed by atoms with Crippen molar-refractivity contribution in [3.05, 3.63) is 57.0 Å². The van der Waals surface area contributed by atoms with Crippen LogP contribution in [0, 0.1) is 6.92 Å². The average molecular weight is 449 g/mol. The summed E-state index contributed by atoms with van der Waals surface area (Å²) in [4.78, 5) is 2.29. The minimum Gasteiger partial charge on any atom is -0.420 e. The van der Waals surface area contributed by atoms with Crippen molar-refractivity contribution in [3.8, 4) is 5.75 Å². The van der Waals surface area contributed by atoms with Gasteiger partial charge in [0.2, 0.25) is 0 Å². The summed E-state index contributed by atoms with van der Waals surface area (Å²) in [5.41, 5.74) is 2.42. The van der Waals surface area contributed by atoms with Crippen LogP contribution in [-0.2, 0) is 4.57 Å². The highest BCUT2D eigenvalue weighted by atomic mass is 35.5. The van der Waals surface area contributed by atoms with E-state index < -0.39 is 7.67 Å². The fraction of sp³-hybridized carbons (Fsp3) is 0.333. The molecule has 3 rings (SSSR count). The molecule has 1 aliphatic rings. The molecule has 2 aromatic carbocycles. The van der Waals surface area contributed by atoms with E-state index in [2.05, 4.69) is 29.0 Å². The third kappa shape index (κ3) is 4.56. The van der Waals surface area contributed by atoms with Crippen LogP contribution in [0.3, 0.4) is 0 Å². The van der Waals surface area contributed by atoms with Crippen LogP contribution in [0.1, 0.15) is 5.56 Å². The van der Waals surface area contributed by atoms with E-state index in [9.17, 15) is 4.57 Å². The van der Waals surface area contributed by atoms with Gasteiger partial charge in [-0.15, -0.1) is 0 Å². The van der Waals surface area contributed by atoms with E-state index >= 15 is 0 Å². The first kappa shape index (κ1) is 20.8. The van der Waals surface area contributed by atoms with Gasteiger partial charge in [0, 0.05) is 37.9 Å². The molecule has 1 atom stereocenters. The number of benzene rings is 2. The van der Waals surface area contributed by atoms with Crippen molar-refractivity contribution in [3.63, 3.8) is 0 Å². The first-order chi connectivity index (χ1) is 12.8. The molecular weight excluding hydrogens is 428 g/mol. The van der Waals surface area contributed by atoms with Crippen LogP contribution in [0.5, 0.6) is 5.75 Å². The lowest BCUT2D eigenvalue weighted by molar-refractivity contribution is 0.327. The van der Waals surface area contributed by atoms with Crippen LogP contribution in [0.4, 0.5) is 5.69 Å². The summed E-state index contributed by atoms with van der Waals surface area (Å²) in [5.74, 6) is 0.241. The van der Waals surface area contributed by atoms with Gasteiger partial charge < -0.3 is 9.42 Å². The topological polar surface area (TPSA) is 44.8 Å². The molecular formula is C18H21Cl3N3O2P. The summed E-state index contributed by atoms with van der Waals surface area (Å²) in [6.45, 7) is 4.76. The van der Waals surface area contributed by atoms with Gasteiger partial charge in [0.25, 0.3) is 0 Å². The molecule has 9 heteroatoms. The third-order valence-corrected chi connectivity index (χ3v) is 7.74. The normalized spacial score (nSPS) is 17.6. The number of hydrogen-bond donors (Lipinski definition) is 1. The average Bonchev–Trinajstić information content (AvgIpc) is 2.66. The van der Waals surface area contributed by atoms with Crippen LogP contribution in [0.25, 0.3) is 0 Å². The molecule has 2 aromatic rings. The Labute approximate surface area is 174 Å². The van der Waals surface area contributed by atoms with Gasteiger partial charge in [0.1, 0.15) is 5.75 Å². The maximum absolute atomic E-state index is 13.4. The Bertz CT molecular complexity index is 873. The van der Waals surface area contributed by atoms with E-state index in [1.807, 2.05) is 16.8 Å². The molecule has 1 unspecified atom stereocenters. The van der Waals surface area contributed by atoms with E-state index in [0.29, 0.717) is 23.1 Å². The first-order valence-electron chi connectivity index (χ1n) is 8.53. The number of nitrogens with one attached hydrogen (secondary N) is 1. The smallest absolute Gasteiger partial charge is 0.393 e. The van der Waals surface area contributed by atoms with Gasteiger partial charge in [-0.05, 0) is 31.7 Å². The molecule has 0 amide bonds. The predicted molar refractivity (Wildman–Crippen MR) is 114 cm³/mol.